The van der Waals surface area contributed by atoms with E-state index in [2.05, 4.69) is 14.9 Å². The molecule has 11 heteroatoms. The van der Waals surface area contributed by atoms with Crippen LogP contribution in [0.4, 0.5) is 17.6 Å². The molecule has 0 unspecified atom stereocenters. The van der Waals surface area contributed by atoms with Crippen molar-refractivity contribution in [2.24, 2.45) is 18.4 Å². The van der Waals surface area contributed by atoms with E-state index < -0.39 is 23.3 Å². The number of likely N-dealkylation sites (tertiary alicyclic amines) is 2. The maximum Gasteiger partial charge on any atom is 0.435 e. The van der Waals surface area contributed by atoms with E-state index in [0.717, 1.165) is 36.1 Å². The Morgan fingerprint density at radius 2 is 1.83 bits per heavy atom. The standard InChI is InChI=1S/C30H40F4N4O3/c1-36-27(41-2)25(26(35-36)30(32,33)34)20-9-13-37(14-10-20)16-22-17-38(18-24(22)21-7-6-8-23(31)15-21)19-29(28(39)40)11-4-3-5-12-29/h6-8,15,20,22,24H,3-5,9-14,16-19H2,1-2H3,(H,39,40)/t22-,24+/m0/s1. The Balaban J connectivity index is 1.30. The first-order valence-electron chi connectivity index (χ1n) is 14.6. The molecule has 2 saturated heterocycles. The van der Waals surface area contributed by atoms with Gasteiger partial charge >= 0.3 is 12.1 Å². The summed E-state index contributed by atoms with van der Waals surface area (Å²) >= 11 is 0. The highest BCUT2D eigenvalue weighted by atomic mass is 19.4. The van der Waals surface area contributed by atoms with E-state index in [9.17, 15) is 27.5 Å². The van der Waals surface area contributed by atoms with Crippen molar-refractivity contribution in [3.05, 3.63) is 46.9 Å². The van der Waals surface area contributed by atoms with Gasteiger partial charge in [-0.2, -0.15) is 18.3 Å². The van der Waals surface area contributed by atoms with Crippen molar-refractivity contribution in [3.63, 3.8) is 0 Å². The quantitative estimate of drug-likeness (QED) is 0.415. The van der Waals surface area contributed by atoms with Crippen molar-refractivity contribution in [2.75, 3.05) is 46.4 Å². The van der Waals surface area contributed by atoms with Crippen LogP contribution < -0.4 is 4.74 Å². The van der Waals surface area contributed by atoms with Gasteiger partial charge in [-0.15, -0.1) is 0 Å². The summed E-state index contributed by atoms with van der Waals surface area (Å²) in [5.74, 6) is -0.972. The molecule has 1 aromatic carbocycles. The molecule has 2 aliphatic heterocycles. The molecule has 2 aromatic rings. The number of nitrogens with zero attached hydrogens (tertiary/aromatic N) is 4. The molecule has 1 N–H and O–H groups in total. The summed E-state index contributed by atoms with van der Waals surface area (Å²) in [5, 5.41) is 13.9. The number of benzene rings is 1. The lowest BCUT2D eigenvalue weighted by Gasteiger charge is -2.37. The number of carboxylic acids is 1. The van der Waals surface area contributed by atoms with Gasteiger partial charge in [0, 0.05) is 44.7 Å². The van der Waals surface area contributed by atoms with Gasteiger partial charge in [-0.05, 0) is 68.3 Å². The average Bonchev–Trinajstić information content (AvgIpc) is 3.49. The molecule has 7 nitrogen and oxygen atoms in total. The van der Waals surface area contributed by atoms with Crippen molar-refractivity contribution in [2.45, 2.75) is 63.0 Å². The number of carbonyl (C=O) groups is 1. The van der Waals surface area contributed by atoms with Crippen LogP contribution in [0.5, 0.6) is 5.88 Å². The zero-order chi connectivity index (χ0) is 29.4. The predicted molar refractivity (Wildman–Crippen MR) is 145 cm³/mol. The fraction of sp³-hybridized carbons (Fsp3) is 0.667. The first-order chi connectivity index (χ1) is 19.5. The summed E-state index contributed by atoms with van der Waals surface area (Å²) in [6, 6.07) is 6.67. The number of ether oxygens (including phenoxy) is 1. The summed E-state index contributed by atoms with van der Waals surface area (Å²) in [6.07, 6.45) is 0.807. The largest absolute Gasteiger partial charge is 0.481 e. The van der Waals surface area contributed by atoms with Crippen LogP contribution in [-0.4, -0.2) is 77.0 Å². The lowest BCUT2D eigenvalue weighted by molar-refractivity contribution is -0.152. The normalized spacial score (nSPS) is 24.5. The number of aromatic nitrogens is 2. The second-order valence-corrected chi connectivity index (χ2v) is 12.2. The van der Waals surface area contributed by atoms with Crippen molar-refractivity contribution in [1.82, 2.24) is 19.6 Å². The molecule has 41 heavy (non-hydrogen) atoms. The molecule has 1 aromatic heterocycles. The Hall–Kier alpha value is -2.66. The topological polar surface area (TPSA) is 70.8 Å². The Labute approximate surface area is 238 Å². The Kier molecular flexibility index (Phi) is 8.66. The van der Waals surface area contributed by atoms with Gasteiger partial charge in [0.25, 0.3) is 0 Å². The minimum Gasteiger partial charge on any atom is -0.481 e. The van der Waals surface area contributed by atoms with Gasteiger partial charge < -0.3 is 19.6 Å². The number of hydrogen-bond acceptors (Lipinski definition) is 5. The zero-order valence-electron chi connectivity index (χ0n) is 23.8. The van der Waals surface area contributed by atoms with E-state index in [1.54, 1.807) is 12.1 Å². The van der Waals surface area contributed by atoms with Gasteiger partial charge in [-0.25, -0.2) is 9.07 Å². The molecular weight excluding hydrogens is 540 g/mol. The van der Waals surface area contributed by atoms with Crippen LogP contribution in [0.1, 0.15) is 73.6 Å². The predicted octanol–water partition coefficient (Wildman–Crippen LogP) is 5.52. The van der Waals surface area contributed by atoms with Gasteiger partial charge in [-0.3, -0.25) is 4.79 Å². The fourth-order valence-corrected chi connectivity index (χ4v) is 7.57. The smallest absolute Gasteiger partial charge is 0.435 e. The molecule has 0 amide bonds. The highest BCUT2D eigenvalue weighted by Crippen LogP contribution is 2.44. The first-order valence-corrected chi connectivity index (χ1v) is 14.6. The SMILES string of the molecule is COc1c(C2CCN(C[C@H]3CN(CC4(C(=O)O)CCCCC4)C[C@@H]3c3cccc(F)c3)CC2)c(C(F)(F)F)nn1C. The maximum absolute atomic E-state index is 14.2. The number of hydrogen-bond donors (Lipinski definition) is 1. The number of aliphatic carboxylic acids is 1. The molecule has 3 fully saturated rings. The second kappa shape index (κ2) is 11.9. The first kappa shape index (κ1) is 29.8. The molecule has 5 rings (SSSR count). The number of methoxy groups -OCH3 is 1. The van der Waals surface area contributed by atoms with Gasteiger partial charge in [0.15, 0.2) is 5.69 Å². The number of aryl methyl sites for hydroxylation is 1. The minimum atomic E-state index is -4.56. The molecular formula is C30H40F4N4O3. The zero-order valence-corrected chi connectivity index (χ0v) is 23.8. The van der Waals surface area contributed by atoms with Gasteiger partial charge in [0.05, 0.1) is 12.5 Å². The summed E-state index contributed by atoms with van der Waals surface area (Å²) in [4.78, 5) is 16.9. The van der Waals surface area contributed by atoms with Crippen LogP contribution in [0.25, 0.3) is 0 Å². The van der Waals surface area contributed by atoms with E-state index in [0.29, 0.717) is 58.4 Å². The maximum atomic E-state index is 14.2. The molecule has 3 aliphatic rings. The minimum absolute atomic E-state index is 0.0492. The molecule has 1 aliphatic carbocycles. The highest BCUT2D eigenvalue weighted by molar-refractivity contribution is 5.75. The number of carboxylic acid groups (broad SMARTS) is 1. The summed E-state index contributed by atoms with van der Waals surface area (Å²) < 4.78 is 62.1. The number of alkyl halides is 3. The van der Waals surface area contributed by atoms with E-state index >= 15 is 0 Å². The lowest BCUT2D eigenvalue weighted by Crippen LogP contribution is -2.44. The number of piperidine rings is 1. The Morgan fingerprint density at radius 3 is 2.44 bits per heavy atom. The van der Waals surface area contributed by atoms with E-state index in [4.69, 9.17) is 4.74 Å². The highest BCUT2D eigenvalue weighted by Gasteiger charge is 2.45. The van der Waals surface area contributed by atoms with Gasteiger partial charge in [0.2, 0.25) is 5.88 Å². The lowest BCUT2D eigenvalue weighted by atomic mass is 9.73. The third-order valence-corrected chi connectivity index (χ3v) is 9.56. The van der Waals surface area contributed by atoms with Crippen LogP contribution in [-0.2, 0) is 18.0 Å². The van der Waals surface area contributed by atoms with E-state index in [1.165, 1.54) is 20.2 Å². The summed E-state index contributed by atoms with van der Waals surface area (Å²) in [6.45, 7) is 3.86. The number of rotatable bonds is 8. The third kappa shape index (κ3) is 6.26. The third-order valence-electron chi connectivity index (χ3n) is 9.56. The Bertz CT molecular complexity index is 1220. The van der Waals surface area contributed by atoms with Gasteiger partial charge in [0.1, 0.15) is 5.82 Å². The average molecular weight is 581 g/mol. The van der Waals surface area contributed by atoms with Crippen LogP contribution in [0.3, 0.4) is 0 Å². The molecule has 1 saturated carbocycles. The van der Waals surface area contributed by atoms with Crippen molar-refractivity contribution in [3.8, 4) is 5.88 Å². The van der Waals surface area contributed by atoms with Crippen LogP contribution in [0, 0.1) is 17.2 Å². The van der Waals surface area contributed by atoms with E-state index in [1.807, 2.05) is 6.07 Å². The molecule has 2 atom stereocenters. The molecule has 0 bridgehead atoms. The van der Waals surface area contributed by atoms with Crippen molar-refractivity contribution in [1.29, 1.82) is 0 Å². The molecule has 0 spiro atoms. The second-order valence-electron chi connectivity index (χ2n) is 12.2. The van der Waals surface area contributed by atoms with Crippen LogP contribution in [0.2, 0.25) is 0 Å². The summed E-state index contributed by atoms with van der Waals surface area (Å²) in [5.41, 5.74) is -0.562. The molecule has 0 radical (unpaired) electrons. The van der Waals surface area contributed by atoms with E-state index in [-0.39, 0.29) is 35.0 Å². The Morgan fingerprint density at radius 1 is 1.12 bits per heavy atom. The van der Waals surface area contributed by atoms with Crippen LogP contribution in [0.15, 0.2) is 24.3 Å². The summed E-state index contributed by atoms with van der Waals surface area (Å²) in [7, 11) is 2.84. The van der Waals surface area contributed by atoms with Gasteiger partial charge in [-0.1, -0.05) is 31.4 Å². The molecule has 226 valence electrons. The van der Waals surface area contributed by atoms with Crippen molar-refractivity contribution >= 4 is 5.97 Å². The van der Waals surface area contributed by atoms with Crippen LogP contribution >= 0.6 is 0 Å². The number of halogens is 4. The van der Waals surface area contributed by atoms with Crippen molar-refractivity contribution < 1.29 is 32.2 Å². The monoisotopic (exact) mass is 580 g/mol. The fourth-order valence-electron chi connectivity index (χ4n) is 7.57. The molecule has 3 heterocycles.